The van der Waals surface area contributed by atoms with Gasteiger partial charge < -0.3 is 4.90 Å². The zero-order chi connectivity index (χ0) is 19.1. The van der Waals surface area contributed by atoms with Gasteiger partial charge in [-0.15, -0.1) is 0 Å². The van der Waals surface area contributed by atoms with Crippen LogP contribution in [-0.4, -0.2) is 29.5 Å². The predicted molar refractivity (Wildman–Crippen MR) is 115 cm³/mol. The number of aromatic nitrogens is 2. The van der Waals surface area contributed by atoms with E-state index in [1.807, 2.05) is 53.9 Å². The lowest BCUT2D eigenvalue weighted by molar-refractivity contribution is -0.117. The largest absolute Gasteiger partial charge is 0.303 e. The van der Waals surface area contributed by atoms with E-state index in [0.29, 0.717) is 10.2 Å². The molecule has 2 aromatic heterocycles. The molecule has 0 aliphatic carbocycles. The predicted octanol–water partition coefficient (Wildman–Crippen LogP) is 4.73. The van der Waals surface area contributed by atoms with Crippen molar-refractivity contribution in [3.8, 4) is 10.6 Å². The first-order valence-corrected chi connectivity index (χ1v) is 10.2. The maximum absolute atomic E-state index is 12.4. The molecule has 2 heterocycles. The molecule has 3 rings (SSSR count). The van der Waals surface area contributed by atoms with Gasteiger partial charge in [-0.25, -0.2) is 4.98 Å². The van der Waals surface area contributed by atoms with E-state index in [1.54, 1.807) is 19.4 Å². The molecule has 27 heavy (non-hydrogen) atoms. The van der Waals surface area contributed by atoms with Crippen molar-refractivity contribution in [2.75, 3.05) is 18.5 Å². The quantitative estimate of drug-likeness (QED) is 0.445. The molecule has 1 aromatic carbocycles. The highest BCUT2D eigenvalue weighted by molar-refractivity contribution is 8.00. The zero-order valence-electron chi connectivity index (χ0n) is 14.5. The van der Waals surface area contributed by atoms with Crippen molar-refractivity contribution in [3.63, 3.8) is 0 Å². The number of rotatable bonds is 7. The van der Waals surface area contributed by atoms with Crippen molar-refractivity contribution < 1.29 is 4.79 Å². The summed E-state index contributed by atoms with van der Waals surface area (Å²) in [7, 11) is 1.70. The lowest BCUT2D eigenvalue weighted by atomic mass is 10.2. The number of thiazole rings is 1. The van der Waals surface area contributed by atoms with Crippen LogP contribution in [0, 0.1) is 0 Å². The fourth-order valence-electron chi connectivity index (χ4n) is 2.17. The van der Waals surface area contributed by atoms with Crippen molar-refractivity contribution in [1.82, 2.24) is 14.7 Å². The normalized spacial score (nSPS) is 11.0. The molecule has 0 atom stereocenters. The Kier molecular flexibility index (Phi) is 7.00. The average molecular weight is 417 g/mol. The molecule has 0 aliphatic heterocycles. The van der Waals surface area contributed by atoms with Crippen molar-refractivity contribution >= 4 is 51.9 Å². The van der Waals surface area contributed by atoms with Crippen LogP contribution in [0.25, 0.3) is 16.6 Å². The Morgan fingerprint density at radius 3 is 2.85 bits per heavy atom. The van der Waals surface area contributed by atoms with E-state index in [9.17, 15) is 4.79 Å². The van der Waals surface area contributed by atoms with E-state index in [2.05, 4.69) is 14.7 Å². The first kappa shape index (κ1) is 19.6. The van der Waals surface area contributed by atoms with Crippen molar-refractivity contribution in [3.05, 3.63) is 71.0 Å². The Balaban J connectivity index is 1.54. The molecular weight excluding hydrogens is 400 g/mol. The van der Waals surface area contributed by atoms with E-state index in [1.165, 1.54) is 28.2 Å². The maximum atomic E-state index is 12.4. The second-order valence-corrected chi connectivity index (χ2v) is 7.59. The Morgan fingerprint density at radius 2 is 2.11 bits per heavy atom. The Hall–Kier alpha value is -2.19. The number of nitrogens with zero attached hydrogens (tertiary/aromatic N) is 3. The van der Waals surface area contributed by atoms with E-state index >= 15 is 0 Å². The van der Waals surface area contributed by atoms with Crippen LogP contribution >= 0.6 is 34.9 Å². The standard InChI is InChI=1S/C19H17ClN4OS2/c1-24(16(25)13-22-26-11-9-14-6-3-2-4-7-14)19-17(20)23-18(27-19)15-8-5-10-21-12-15/h2-12,22H,13H2,1H3/b11-9+. The molecule has 0 unspecified atom stereocenters. The smallest absolute Gasteiger partial charge is 0.242 e. The summed E-state index contributed by atoms with van der Waals surface area (Å²) in [6, 6.07) is 13.7. The van der Waals surface area contributed by atoms with Gasteiger partial charge in [-0.05, 0) is 29.2 Å². The molecule has 0 saturated heterocycles. The number of carbonyl (C=O) groups excluding carboxylic acids is 1. The van der Waals surface area contributed by atoms with Gasteiger partial charge in [0.25, 0.3) is 0 Å². The molecule has 0 radical (unpaired) electrons. The van der Waals surface area contributed by atoms with Gasteiger partial charge in [-0.3, -0.25) is 14.5 Å². The molecular formula is C19H17ClN4OS2. The molecule has 8 heteroatoms. The highest BCUT2D eigenvalue weighted by Gasteiger charge is 2.19. The number of carbonyl (C=O) groups is 1. The molecule has 3 aromatic rings. The summed E-state index contributed by atoms with van der Waals surface area (Å²) in [6.45, 7) is 0.177. The molecule has 5 nitrogen and oxygen atoms in total. The van der Waals surface area contributed by atoms with Gasteiger partial charge in [0.15, 0.2) is 5.15 Å². The summed E-state index contributed by atoms with van der Waals surface area (Å²) in [6.07, 6.45) is 5.40. The SMILES string of the molecule is CN(C(=O)CNS/C=C/c1ccccc1)c1sc(-c2cccnc2)nc1Cl. The van der Waals surface area contributed by atoms with Crippen LogP contribution in [0.4, 0.5) is 5.00 Å². The number of hydrogen-bond acceptors (Lipinski definition) is 6. The molecule has 0 fully saturated rings. The first-order valence-electron chi connectivity index (χ1n) is 8.08. The zero-order valence-corrected chi connectivity index (χ0v) is 16.9. The fraction of sp³-hybridized carbons (Fsp3) is 0.105. The lowest BCUT2D eigenvalue weighted by Gasteiger charge is -2.14. The second-order valence-electron chi connectivity index (χ2n) is 5.46. The van der Waals surface area contributed by atoms with Crippen LogP contribution < -0.4 is 9.62 Å². The fourth-order valence-corrected chi connectivity index (χ4v) is 4.01. The van der Waals surface area contributed by atoms with Crippen molar-refractivity contribution in [1.29, 1.82) is 0 Å². The van der Waals surface area contributed by atoms with Crippen LogP contribution in [0.1, 0.15) is 5.56 Å². The molecule has 0 bridgehead atoms. The number of hydrogen-bond donors (Lipinski definition) is 1. The Bertz CT molecular complexity index is 916. The maximum Gasteiger partial charge on any atom is 0.242 e. The van der Waals surface area contributed by atoms with Gasteiger partial charge in [0, 0.05) is 25.0 Å². The number of nitrogens with one attached hydrogen (secondary N) is 1. The number of pyridine rings is 1. The summed E-state index contributed by atoms with van der Waals surface area (Å²) in [5.74, 6) is -0.0982. The van der Waals surface area contributed by atoms with Gasteiger partial charge in [0.2, 0.25) is 5.91 Å². The highest BCUT2D eigenvalue weighted by Crippen LogP contribution is 2.36. The molecule has 1 N–H and O–H groups in total. The number of halogens is 1. The monoisotopic (exact) mass is 416 g/mol. The molecule has 0 spiro atoms. The Labute approximate surface area is 171 Å². The number of benzene rings is 1. The van der Waals surface area contributed by atoms with Crippen LogP contribution in [0.3, 0.4) is 0 Å². The van der Waals surface area contributed by atoms with Gasteiger partial charge in [-0.1, -0.05) is 65.2 Å². The van der Waals surface area contributed by atoms with E-state index in [0.717, 1.165) is 16.1 Å². The van der Waals surface area contributed by atoms with Gasteiger partial charge in [0.1, 0.15) is 10.0 Å². The Morgan fingerprint density at radius 1 is 1.30 bits per heavy atom. The third-order valence-electron chi connectivity index (χ3n) is 3.59. The number of likely N-dealkylation sites (N-methyl/N-ethyl adjacent to an activating group) is 1. The van der Waals surface area contributed by atoms with Crippen LogP contribution in [0.5, 0.6) is 0 Å². The molecule has 0 aliphatic rings. The topological polar surface area (TPSA) is 58.1 Å². The minimum atomic E-state index is -0.0982. The number of anilines is 1. The third kappa shape index (κ3) is 5.40. The van der Waals surface area contributed by atoms with Gasteiger partial charge in [0.05, 0.1) is 6.54 Å². The third-order valence-corrected chi connectivity index (χ3v) is 5.73. The highest BCUT2D eigenvalue weighted by atomic mass is 35.5. The van der Waals surface area contributed by atoms with Gasteiger partial charge >= 0.3 is 0 Å². The summed E-state index contributed by atoms with van der Waals surface area (Å²) in [5.41, 5.74) is 1.98. The minimum Gasteiger partial charge on any atom is -0.303 e. The summed E-state index contributed by atoms with van der Waals surface area (Å²) >= 11 is 8.96. The average Bonchev–Trinajstić information content (AvgIpc) is 3.10. The van der Waals surface area contributed by atoms with E-state index < -0.39 is 0 Å². The van der Waals surface area contributed by atoms with Gasteiger partial charge in [-0.2, -0.15) is 0 Å². The van der Waals surface area contributed by atoms with Crippen LogP contribution in [0.2, 0.25) is 5.15 Å². The second kappa shape index (κ2) is 9.66. The van der Waals surface area contributed by atoms with E-state index in [4.69, 9.17) is 11.6 Å². The summed E-state index contributed by atoms with van der Waals surface area (Å²) in [5, 5.41) is 3.57. The number of amides is 1. The lowest BCUT2D eigenvalue weighted by Crippen LogP contribution is -2.32. The minimum absolute atomic E-state index is 0.0982. The first-order chi connectivity index (χ1) is 13.1. The molecule has 138 valence electrons. The van der Waals surface area contributed by atoms with Crippen LogP contribution in [-0.2, 0) is 4.79 Å². The molecule has 0 saturated carbocycles. The molecule has 1 amide bonds. The van der Waals surface area contributed by atoms with Crippen LogP contribution in [0.15, 0.2) is 60.3 Å². The van der Waals surface area contributed by atoms with Crippen molar-refractivity contribution in [2.24, 2.45) is 0 Å². The van der Waals surface area contributed by atoms with E-state index in [-0.39, 0.29) is 12.5 Å². The van der Waals surface area contributed by atoms with Crippen molar-refractivity contribution in [2.45, 2.75) is 0 Å². The summed E-state index contributed by atoms with van der Waals surface area (Å²) < 4.78 is 3.03. The summed E-state index contributed by atoms with van der Waals surface area (Å²) in [4.78, 5) is 22.4.